The number of nitrogens with zero attached hydrogens (tertiary/aromatic N) is 2. The van der Waals surface area contributed by atoms with E-state index < -0.39 is 0 Å². The highest BCUT2D eigenvalue weighted by Gasteiger charge is 2.16. The lowest BCUT2D eigenvalue weighted by Gasteiger charge is -2.18. The monoisotopic (exact) mass is 366 g/mol. The maximum Gasteiger partial charge on any atom is 0.0920 e. The molecule has 0 saturated carbocycles. The largest absolute Gasteiger partial charge is 0.255 e. The summed E-state index contributed by atoms with van der Waals surface area (Å²) in [6.07, 6.45) is 19.1. The van der Waals surface area contributed by atoms with Crippen LogP contribution in [0.25, 0.3) is 11.4 Å². The van der Waals surface area contributed by atoms with Gasteiger partial charge in [0.25, 0.3) is 0 Å². The standard InChI is InChI=1S/C25H38N2/c1-4-7-10-15-21-20-27-25(24-18-13-14-19-26-24)23(17-12-9-6-3)22(21)16-11-8-5-2/h13-14,18-20H,4-12,15-17H2,1-3H3. The molecule has 2 aromatic heterocycles. The minimum atomic E-state index is 1.03. The van der Waals surface area contributed by atoms with Crippen molar-refractivity contribution < 1.29 is 0 Å². The number of aromatic nitrogens is 2. The van der Waals surface area contributed by atoms with E-state index in [0.29, 0.717) is 0 Å². The van der Waals surface area contributed by atoms with E-state index in [4.69, 9.17) is 4.98 Å². The molecule has 0 spiro atoms. The lowest BCUT2D eigenvalue weighted by Crippen LogP contribution is -2.07. The second-order valence-electron chi connectivity index (χ2n) is 7.68. The molecular formula is C25H38N2. The number of rotatable bonds is 13. The van der Waals surface area contributed by atoms with Crippen molar-refractivity contribution in [2.24, 2.45) is 0 Å². The number of hydrogen-bond donors (Lipinski definition) is 0. The molecular weight excluding hydrogens is 328 g/mol. The highest BCUT2D eigenvalue weighted by Crippen LogP contribution is 2.29. The van der Waals surface area contributed by atoms with Crippen molar-refractivity contribution in [3.8, 4) is 11.4 Å². The van der Waals surface area contributed by atoms with E-state index in [2.05, 4.69) is 44.1 Å². The van der Waals surface area contributed by atoms with Gasteiger partial charge in [0.1, 0.15) is 0 Å². The molecule has 0 N–H and O–H groups in total. The van der Waals surface area contributed by atoms with Gasteiger partial charge in [-0.2, -0.15) is 0 Å². The fraction of sp³-hybridized carbons (Fsp3) is 0.600. The van der Waals surface area contributed by atoms with Crippen LogP contribution in [0.5, 0.6) is 0 Å². The molecule has 2 nitrogen and oxygen atoms in total. The zero-order chi connectivity index (χ0) is 19.3. The van der Waals surface area contributed by atoms with Crippen LogP contribution in [0.3, 0.4) is 0 Å². The summed E-state index contributed by atoms with van der Waals surface area (Å²) in [4.78, 5) is 9.55. The molecule has 0 aliphatic carbocycles. The Morgan fingerprint density at radius 2 is 1.30 bits per heavy atom. The molecule has 0 aliphatic rings. The van der Waals surface area contributed by atoms with Crippen LogP contribution in [0.1, 0.15) is 95.2 Å². The van der Waals surface area contributed by atoms with Crippen LogP contribution < -0.4 is 0 Å². The Hall–Kier alpha value is -1.70. The van der Waals surface area contributed by atoms with E-state index in [1.165, 1.54) is 81.8 Å². The molecule has 0 saturated heterocycles. The highest BCUT2D eigenvalue weighted by atomic mass is 14.8. The fourth-order valence-electron chi connectivity index (χ4n) is 3.82. The van der Waals surface area contributed by atoms with Crippen LogP contribution in [0, 0.1) is 0 Å². The molecule has 148 valence electrons. The van der Waals surface area contributed by atoms with E-state index >= 15 is 0 Å². The van der Waals surface area contributed by atoms with Gasteiger partial charge in [-0.15, -0.1) is 0 Å². The van der Waals surface area contributed by atoms with E-state index in [1.807, 2.05) is 12.3 Å². The average molecular weight is 367 g/mol. The van der Waals surface area contributed by atoms with Crippen molar-refractivity contribution in [2.45, 2.75) is 97.8 Å². The van der Waals surface area contributed by atoms with Gasteiger partial charge < -0.3 is 0 Å². The van der Waals surface area contributed by atoms with E-state index in [1.54, 1.807) is 5.56 Å². The Labute approximate surface area is 166 Å². The second kappa shape index (κ2) is 12.6. The van der Waals surface area contributed by atoms with Crippen molar-refractivity contribution in [3.63, 3.8) is 0 Å². The molecule has 0 amide bonds. The lowest BCUT2D eigenvalue weighted by atomic mass is 9.89. The molecule has 0 radical (unpaired) electrons. The minimum Gasteiger partial charge on any atom is -0.255 e. The van der Waals surface area contributed by atoms with Crippen molar-refractivity contribution in [1.82, 2.24) is 9.97 Å². The number of pyridine rings is 2. The average Bonchev–Trinajstić information content (AvgIpc) is 2.70. The summed E-state index contributed by atoms with van der Waals surface area (Å²) in [6.45, 7) is 6.85. The summed E-state index contributed by atoms with van der Waals surface area (Å²) < 4.78 is 0. The summed E-state index contributed by atoms with van der Waals surface area (Å²) in [5, 5.41) is 0. The number of unbranched alkanes of at least 4 members (excludes halogenated alkanes) is 6. The van der Waals surface area contributed by atoms with Gasteiger partial charge in [0.05, 0.1) is 11.4 Å². The van der Waals surface area contributed by atoms with Gasteiger partial charge in [0.2, 0.25) is 0 Å². The van der Waals surface area contributed by atoms with Crippen LogP contribution in [0.15, 0.2) is 30.6 Å². The smallest absolute Gasteiger partial charge is 0.0920 e. The normalized spacial score (nSPS) is 11.1. The summed E-state index contributed by atoms with van der Waals surface area (Å²) in [7, 11) is 0. The van der Waals surface area contributed by atoms with Crippen LogP contribution in [-0.4, -0.2) is 9.97 Å². The Balaban J connectivity index is 2.41. The van der Waals surface area contributed by atoms with Crippen LogP contribution in [0.2, 0.25) is 0 Å². The van der Waals surface area contributed by atoms with Gasteiger partial charge >= 0.3 is 0 Å². The third-order valence-corrected chi connectivity index (χ3v) is 5.41. The minimum absolute atomic E-state index is 1.03. The Morgan fingerprint density at radius 3 is 1.89 bits per heavy atom. The van der Waals surface area contributed by atoms with Crippen LogP contribution >= 0.6 is 0 Å². The molecule has 0 unspecified atom stereocenters. The molecule has 2 heterocycles. The predicted molar refractivity (Wildman–Crippen MR) is 117 cm³/mol. The topological polar surface area (TPSA) is 25.8 Å². The molecule has 0 aromatic carbocycles. The zero-order valence-electron chi connectivity index (χ0n) is 17.8. The maximum atomic E-state index is 4.93. The van der Waals surface area contributed by atoms with Crippen molar-refractivity contribution in [2.75, 3.05) is 0 Å². The summed E-state index contributed by atoms with van der Waals surface area (Å²) in [5.74, 6) is 0. The summed E-state index contributed by atoms with van der Waals surface area (Å²) in [5.41, 5.74) is 6.71. The van der Waals surface area contributed by atoms with Crippen LogP contribution in [0.4, 0.5) is 0 Å². The Kier molecular flexibility index (Phi) is 10.1. The van der Waals surface area contributed by atoms with Crippen molar-refractivity contribution in [1.29, 1.82) is 0 Å². The molecule has 2 aromatic rings. The van der Waals surface area contributed by atoms with Crippen molar-refractivity contribution >= 4 is 0 Å². The van der Waals surface area contributed by atoms with Gasteiger partial charge in [-0.3, -0.25) is 9.97 Å². The third-order valence-electron chi connectivity index (χ3n) is 5.41. The number of hydrogen-bond acceptors (Lipinski definition) is 2. The first-order chi connectivity index (χ1) is 13.3. The van der Waals surface area contributed by atoms with E-state index in [-0.39, 0.29) is 0 Å². The first-order valence-electron chi connectivity index (χ1n) is 11.2. The predicted octanol–water partition coefficient (Wildman–Crippen LogP) is 7.34. The van der Waals surface area contributed by atoms with E-state index in [0.717, 1.165) is 17.8 Å². The molecule has 0 atom stereocenters. The first-order valence-corrected chi connectivity index (χ1v) is 11.2. The Bertz CT molecular complexity index is 649. The fourth-order valence-corrected chi connectivity index (χ4v) is 3.82. The Morgan fingerprint density at radius 1 is 0.667 bits per heavy atom. The first kappa shape index (κ1) is 21.6. The van der Waals surface area contributed by atoms with Gasteiger partial charge in [-0.05, 0) is 67.3 Å². The molecule has 0 bridgehead atoms. The SMILES string of the molecule is CCCCCc1cnc(-c2ccccn2)c(CCCCC)c1CCCCC. The van der Waals surface area contributed by atoms with Gasteiger partial charge in [0, 0.05) is 12.4 Å². The third kappa shape index (κ3) is 6.75. The van der Waals surface area contributed by atoms with Crippen LogP contribution in [-0.2, 0) is 19.3 Å². The van der Waals surface area contributed by atoms with Gasteiger partial charge in [0.15, 0.2) is 0 Å². The van der Waals surface area contributed by atoms with Crippen molar-refractivity contribution in [3.05, 3.63) is 47.3 Å². The summed E-state index contributed by atoms with van der Waals surface area (Å²) in [6, 6.07) is 6.17. The maximum absolute atomic E-state index is 4.93. The molecule has 0 fully saturated rings. The lowest BCUT2D eigenvalue weighted by molar-refractivity contribution is 0.675. The molecule has 0 aliphatic heterocycles. The highest BCUT2D eigenvalue weighted by molar-refractivity contribution is 5.61. The molecule has 27 heavy (non-hydrogen) atoms. The van der Waals surface area contributed by atoms with Gasteiger partial charge in [-0.1, -0.05) is 65.4 Å². The quantitative estimate of drug-likeness (QED) is 0.346. The summed E-state index contributed by atoms with van der Waals surface area (Å²) >= 11 is 0. The molecule has 2 rings (SSSR count). The second-order valence-corrected chi connectivity index (χ2v) is 7.68. The van der Waals surface area contributed by atoms with Gasteiger partial charge in [-0.25, -0.2) is 0 Å². The van der Waals surface area contributed by atoms with E-state index in [9.17, 15) is 0 Å². The number of aryl methyl sites for hydroxylation is 1. The molecule has 2 heteroatoms. The zero-order valence-corrected chi connectivity index (χ0v) is 17.8.